The van der Waals surface area contributed by atoms with Gasteiger partial charge >= 0.3 is 0 Å². The Morgan fingerprint density at radius 3 is 2.38 bits per heavy atom. The molecule has 1 aliphatic heterocycles. The minimum atomic E-state index is -0.252. The van der Waals surface area contributed by atoms with Gasteiger partial charge in [-0.15, -0.1) is 0 Å². The fourth-order valence-corrected chi connectivity index (χ4v) is 4.98. The van der Waals surface area contributed by atoms with Crippen molar-refractivity contribution < 1.29 is 4.39 Å². The first-order valence-electron chi connectivity index (χ1n) is 10.5. The van der Waals surface area contributed by atoms with Crippen molar-refractivity contribution in [1.82, 2.24) is 14.9 Å². The van der Waals surface area contributed by atoms with Crippen LogP contribution in [-0.2, 0) is 0 Å². The van der Waals surface area contributed by atoms with Crippen LogP contribution in [0.1, 0.15) is 34.7 Å². The number of thiocarbonyl (C=S) groups is 1. The van der Waals surface area contributed by atoms with E-state index in [0.29, 0.717) is 5.11 Å². The molecule has 1 aliphatic rings. The van der Waals surface area contributed by atoms with Crippen molar-refractivity contribution in [2.45, 2.75) is 25.9 Å². The Bertz CT molecular complexity index is 1270. The van der Waals surface area contributed by atoms with Crippen LogP contribution in [-0.4, -0.2) is 14.7 Å². The van der Waals surface area contributed by atoms with E-state index in [0.717, 1.165) is 34.0 Å². The van der Waals surface area contributed by atoms with Crippen LogP contribution in [0, 0.1) is 19.7 Å². The average molecular weight is 443 g/mol. The smallest absolute Gasteiger partial charge is 0.174 e. The molecule has 2 atom stereocenters. The minimum Gasteiger partial charge on any atom is -0.351 e. The standard InChI is InChI=1S/C26H23FN4S/c1-17-15-22(18(2)30(17)21-12-8-9-19(27)16-21)25-24(23-13-6-7-14-28-23)29-26(32)31(25)20-10-4-3-5-11-20/h3-16,24-25H,1-2H3,(H,29,32). The lowest BCUT2D eigenvalue weighted by atomic mass is 9.96. The van der Waals surface area contributed by atoms with Gasteiger partial charge in [0.1, 0.15) is 5.82 Å². The summed E-state index contributed by atoms with van der Waals surface area (Å²) in [6, 6.07) is 24.7. The molecule has 6 heteroatoms. The molecule has 1 saturated heterocycles. The number of hydrogen-bond acceptors (Lipinski definition) is 2. The van der Waals surface area contributed by atoms with Crippen molar-refractivity contribution in [3.63, 3.8) is 0 Å². The van der Waals surface area contributed by atoms with E-state index in [1.165, 1.54) is 6.07 Å². The Balaban J connectivity index is 1.68. The largest absolute Gasteiger partial charge is 0.351 e. The van der Waals surface area contributed by atoms with Crippen molar-refractivity contribution in [3.8, 4) is 5.69 Å². The normalized spacial score (nSPS) is 18.1. The SMILES string of the molecule is Cc1cc(C2C(c3ccccn3)NC(=S)N2c2ccccc2)c(C)n1-c1cccc(F)c1. The van der Waals surface area contributed by atoms with Crippen LogP contribution >= 0.6 is 12.2 Å². The van der Waals surface area contributed by atoms with Gasteiger partial charge in [0, 0.05) is 29.0 Å². The summed E-state index contributed by atoms with van der Waals surface area (Å²) in [4.78, 5) is 6.78. The third kappa shape index (κ3) is 3.46. The lowest BCUT2D eigenvalue weighted by Crippen LogP contribution is -2.29. The first-order chi connectivity index (χ1) is 15.5. The molecule has 0 amide bonds. The average Bonchev–Trinajstić information content (AvgIpc) is 3.30. The number of anilines is 1. The van der Waals surface area contributed by atoms with Gasteiger partial charge in [0.25, 0.3) is 0 Å². The van der Waals surface area contributed by atoms with Crippen LogP contribution in [0.25, 0.3) is 5.69 Å². The fourth-order valence-electron chi connectivity index (χ4n) is 4.64. The van der Waals surface area contributed by atoms with E-state index in [-0.39, 0.29) is 17.9 Å². The number of nitrogens with zero attached hydrogens (tertiary/aromatic N) is 3. The van der Waals surface area contributed by atoms with Gasteiger partial charge in [0.15, 0.2) is 5.11 Å². The summed E-state index contributed by atoms with van der Waals surface area (Å²) >= 11 is 5.80. The van der Waals surface area contributed by atoms with Crippen molar-refractivity contribution in [2.75, 3.05) is 4.90 Å². The summed E-state index contributed by atoms with van der Waals surface area (Å²) < 4.78 is 16.1. The molecule has 0 bridgehead atoms. The first kappa shape index (κ1) is 20.4. The Hall–Kier alpha value is -3.51. The van der Waals surface area contributed by atoms with E-state index in [1.54, 1.807) is 18.3 Å². The third-order valence-electron chi connectivity index (χ3n) is 5.99. The summed E-state index contributed by atoms with van der Waals surface area (Å²) in [7, 11) is 0. The number of para-hydroxylation sites is 1. The quantitative estimate of drug-likeness (QED) is 0.405. The highest BCUT2D eigenvalue weighted by molar-refractivity contribution is 7.80. The Morgan fingerprint density at radius 1 is 0.906 bits per heavy atom. The van der Waals surface area contributed by atoms with Crippen LogP contribution in [0.3, 0.4) is 0 Å². The molecule has 4 aromatic rings. The molecule has 0 saturated carbocycles. The predicted octanol–water partition coefficient (Wildman–Crippen LogP) is 5.81. The van der Waals surface area contributed by atoms with Gasteiger partial charge in [-0.25, -0.2) is 4.39 Å². The van der Waals surface area contributed by atoms with Crippen molar-refractivity contribution in [1.29, 1.82) is 0 Å². The first-order valence-corrected chi connectivity index (χ1v) is 11.0. The zero-order valence-corrected chi connectivity index (χ0v) is 18.7. The van der Waals surface area contributed by atoms with Crippen LogP contribution in [0.2, 0.25) is 0 Å². The van der Waals surface area contributed by atoms with Gasteiger partial charge in [-0.3, -0.25) is 4.98 Å². The van der Waals surface area contributed by atoms with E-state index in [2.05, 4.69) is 44.9 Å². The zero-order valence-electron chi connectivity index (χ0n) is 17.9. The molecule has 2 aromatic heterocycles. The number of pyridine rings is 1. The zero-order chi connectivity index (χ0) is 22.2. The highest BCUT2D eigenvalue weighted by Crippen LogP contribution is 2.43. The fraction of sp³-hybridized carbons (Fsp3) is 0.154. The maximum atomic E-state index is 14.0. The number of halogens is 1. The number of nitrogens with one attached hydrogen (secondary N) is 1. The molecular formula is C26H23FN4S. The maximum Gasteiger partial charge on any atom is 0.174 e. The summed E-state index contributed by atoms with van der Waals surface area (Å²) in [5.74, 6) is -0.252. The predicted molar refractivity (Wildman–Crippen MR) is 130 cm³/mol. The van der Waals surface area contributed by atoms with Crippen LogP contribution in [0.4, 0.5) is 10.1 Å². The molecule has 0 aliphatic carbocycles. The monoisotopic (exact) mass is 442 g/mol. The van der Waals surface area contributed by atoms with Crippen molar-refractivity contribution in [3.05, 3.63) is 114 Å². The molecule has 1 fully saturated rings. The van der Waals surface area contributed by atoms with E-state index in [1.807, 2.05) is 49.4 Å². The summed E-state index contributed by atoms with van der Waals surface area (Å²) in [5, 5.41) is 4.16. The van der Waals surface area contributed by atoms with Gasteiger partial charge in [-0.05, 0) is 80.2 Å². The van der Waals surface area contributed by atoms with E-state index in [9.17, 15) is 4.39 Å². The van der Waals surface area contributed by atoms with Crippen molar-refractivity contribution in [2.24, 2.45) is 0 Å². The second-order valence-electron chi connectivity index (χ2n) is 7.97. The van der Waals surface area contributed by atoms with Gasteiger partial charge in [0.2, 0.25) is 0 Å². The molecular weight excluding hydrogens is 419 g/mol. The minimum absolute atomic E-state index is 0.103. The molecule has 3 heterocycles. The Kier molecular flexibility index (Phi) is 5.23. The molecule has 5 rings (SSSR count). The molecule has 1 N–H and O–H groups in total. The molecule has 4 nitrogen and oxygen atoms in total. The molecule has 2 unspecified atom stereocenters. The topological polar surface area (TPSA) is 33.1 Å². The Morgan fingerprint density at radius 2 is 1.66 bits per heavy atom. The van der Waals surface area contributed by atoms with E-state index < -0.39 is 0 Å². The van der Waals surface area contributed by atoms with Crippen LogP contribution in [0.5, 0.6) is 0 Å². The number of rotatable bonds is 4. The number of aryl methyl sites for hydroxylation is 1. The number of aromatic nitrogens is 2. The molecule has 32 heavy (non-hydrogen) atoms. The summed E-state index contributed by atoms with van der Waals surface area (Å²) in [6.45, 7) is 4.12. The van der Waals surface area contributed by atoms with Gasteiger partial charge in [-0.2, -0.15) is 0 Å². The number of hydrogen-bond donors (Lipinski definition) is 1. The lowest BCUT2D eigenvalue weighted by Gasteiger charge is -2.28. The van der Waals surface area contributed by atoms with Crippen molar-refractivity contribution >= 4 is 23.0 Å². The van der Waals surface area contributed by atoms with E-state index >= 15 is 0 Å². The lowest BCUT2D eigenvalue weighted by molar-refractivity contribution is 0.565. The maximum absolute atomic E-state index is 14.0. The molecule has 0 spiro atoms. The Labute approximate surface area is 192 Å². The molecule has 160 valence electrons. The second-order valence-corrected chi connectivity index (χ2v) is 8.36. The van der Waals surface area contributed by atoms with E-state index in [4.69, 9.17) is 12.2 Å². The second kappa shape index (κ2) is 8.20. The summed E-state index contributed by atoms with van der Waals surface area (Å²) in [5.41, 5.74) is 5.96. The molecule has 2 aromatic carbocycles. The third-order valence-corrected chi connectivity index (χ3v) is 6.30. The number of benzene rings is 2. The van der Waals surface area contributed by atoms with Gasteiger partial charge < -0.3 is 14.8 Å². The summed E-state index contributed by atoms with van der Waals surface area (Å²) in [6.07, 6.45) is 1.80. The highest BCUT2D eigenvalue weighted by atomic mass is 32.1. The highest BCUT2D eigenvalue weighted by Gasteiger charge is 2.42. The van der Waals surface area contributed by atoms with Gasteiger partial charge in [0.05, 0.1) is 17.8 Å². The van der Waals surface area contributed by atoms with Crippen LogP contribution < -0.4 is 10.2 Å². The van der Waals surface area contributed by atoms with Gasteiger partial charge in [-0.1, -0.05) is 30.3 Å². The van der Waals surface area contributed by atoms with Crippen LogP contribution in [0.15, 0.2) is 85.1 Å². The molecule has 0 radical (unpaired) electrons.